The molecule has 1 aliphatic rings. The molecule has 130 valence electrons. The maximum Gasteiger partial charge on any atom is 0.243 e. The number of hydrogen-bond donors (Lipinski definition) is 2. The number of aryl methyl sites for hydroxylation is 1. The van der Waals surface area contributed by atoms with Crippen LogP contribution in [0.2, 0.25) is 0 Å². The predicted molar refractivity (Wildman–Crippen MR) is 82.7 cm³/mol. The lowest BCUT2D eigenvalue weighted by Crippen LogP contribution is -2.47. The molecular weight excluding hydrogens is 326 g/mol. The van der Waals surface area contributed by atoms with Crippen molar-refractivity contribution in [2.45, 2.75) is 24.7 Å². The molecular formula is C15H22F2N2O3S. The van der Waals surface area contributed by atoms with Gasteiger partial charge in [-0.05, 0) is 44.5 Å². The molecule has 5 nitrogen and oxygen atoms in total. The minimum Gasteiger partial charge on any atom is -0.384 e. The molecule has 0 saturated carbocycles. The topological polar surface area (TPSA) is 67.4 Å². The van der Waals surface area contributed by atoms with Gasteiger partial charge < -0.3 is 10.1 Å². The van der Waals surface area contributed by atoms with Crippen molar-refractivity contribution in [3.63, 3.8) is 0 Å². The summed E-state index contributed by atoms with van der Waals surface area (Å²) in [5.41, 5.74) is -0.237. The Morgan fingerprint density at radius 1 is 1.26 bits per heavy atom. The van der Waals surface area contributed by atoms with Gasteiger partial charge in [0.2, 0.25) is 10.0 Å². The summed E-state index contributed by atoms with van der Waals surface area (Å²) in [7, 11) is -2.48. The van der Waals surface area contributed by atoms with E-state index in [1.165, 1.54) is 6.92 Å². The van der Waals surface area contributed by atoms with Crippen LogP contribution in [0.25, 0.3) is 0 Å². The van der Waals surface area contributed by atoms with Crippen LogP contribution in [0.15, 0.2) is 17.0 Å². The lowest BCUT2D eigenvalue weighted by Gasteiger charge is -2.37. The molecule has 1 aliphatic heterocycles. The Hall–Kier alpha value is -1.09. The first-order valence-corrected chi connectivity index (χ1v) is 8.93. The van der Waals surface area contributed by atoms with Crippen LogP contribution in [0.5, 0.6) is 0 Å². The van der Waals surface area contributed by atoms with Crippen LogP contribution in [0.1, 0.15) is 18.4 Å². The summed E-state index contributed by atoms with van der Waals surface area (Å²) in [6.45, 7) is 3.51. The molecule has 2 N–H and O–H groups in total. The zero-order chi connectivity index (χ0) is 17.1. The number of sulfonamides is 1. The molecule has 1 aromatic rings. The van der Waals surface area contributed by atoms with Crippen LogP contribution < -0.4 is 10.0 Å². The summed E-state index contributed by atoms with van der Waals surface area (Å²) in [6, 6.07) is 1.61. The second kappa shape index (κ2) is 7.21. The van der Waals surface area contributed by atoms with Crippen LogP contribution >= 0.6 is 0 Å². The van der Waals surface area contributed by atoms with Crippen LogP contribution in [-0.4, -0.2) is 41.8 Å². The van der Waals surface area contributed by atoms with Crippen molar-refractivity contribution in [3.8, 4) is 0 Å². The minimum atomic E-state index is -4.05. The smallest absolute Gasteiger partial charge is 0.243 e. The summed E-state index contributed by atoms with van der Waals surface area (Å²) in [5.74, 6) is -1.86. The third-order valence-electron chi connectivity index (χ3n) is 4.25. The first kappa shape index (κ1) is 18.3. The van der Waals surface area contributed by atoms with Gasteiger partial charge in [-0.1, -0.05) is 0 Å². The highest BCUT2D eigenvalue weighted by Gasteiger charge is 2.34. The number of methoxy groups -OCH3 is 1. The number of hydrogen-bond acceptors (Lipinski definition) is 4. The lowest BCUT2D eigenvalue weighted by molar-refractivity contribution is 0.0577. The van der Waals surface area contributed by atoms with Crippen molar-refractivity contribution < 1.29 is 21.9 Å². The Morgan fingerprint density at radius 2 is 1.91 bits per heavy atom. The molecule has 0 radical (unpaired) electrons. The van der Waals surface area contributed by atoms with E-state index < -0.39 is 26.6 Å². The largest absolute Gasteiger partial charge is 0.384 e. The van der Waals surface area contributed by atoms with E-state index in [1.807, 2.05) is 0 Å². The molecule has 0 aliphatic carbocycles. The Balaban J connectivity index is 2.19. The average Bonchev–Trinajstić information content (AvgIpc) is 2.50. The quantitative estimate of drug-likeness (QED) is 0.819. The van der Waals surface area contributed by atoms with Crippen LogP contribution in [0, 0.1) is 24.0 Å². The molecule has 0 amide bonds. The van der Waals surface area contributed by atoms with E-state index in [-0.39, 0.29) is 17.5 Å². The molecule has 1 fully saturated rings. The molecule has 1 heterocycles. The van der Waals surface area contributed by atoms with E-state index in [1.54, 1.807) is 7.11 Å². The van der Waals surface area contributed by atoms with Gasteiger partial charge in [-0.2, -0.15) is 0 Å². The zero-order valence-corrected chi connectivity index (χ0v) is 14.1. The van der Waals surface area contributed by atoms with Crippen molar-refractivity contribution >= 4 is 10.0 Å². The van der Waals surface area contributed by atoms with Gasteiger partial charge in [0.05, 0.1) is 6.61 Å². The molecule has 1 aromatic carbocycles. The van der Waals surface area contributed by atoms with Gasteiger partial charge in [0.1, 0.15) is 16.5 Å². The summed E-state index contributed by atoms with van der Waals surface area (Å²) >= 11 is 0. The Bertz CT molecular complexity index is 653. The Kier molecular flexibility index (Phi) is 5.72. The summed E-state index contributed by atoms with van der Waals surface area (Å²) in [5, 5.41) is 3.22. The predicted octanol–water partition coefficient (Wildman–Crippen LogP) is 1.57. The lowest BCUT2D eigenvalue weighted by atomic mass is 9.80. The minimum absolute atomic E-state index is 0.0836. The highest BCUT2D eigenvalue weighted by atomic mass is 32.2. The molecule has 0 unspecified atom stereocenters. The fourth-order valence-corrected chi connectivity index (χ4v) is 4.10. The normalized spacial score (nSPS) is 18.1. The summed E-state index contributed by atoms with van der Waals surface area (Å²) < 4.78 is 59.6. The summed E-state index contributed by atoms with van der Waals surface area (Å²) in [4.78, 5) is -0.530. The number of nitrogens with one attached hydrogen (secondary N) is 2. The van der Waals surface area contributed by atoms with Crippen LogP contribution in [-0.2, 0) is 14.8 Å². The second-order valence-corrected chi connectivity index (χ2v) is 7.77. The Morgan fingerprint density at radius 3 is 2.52 bits per heavy atom. The molecule has 1 saturated heterocycles. The van der Waals surface area contributed by atoms with Crippen molar-refractivity contribution in [3.05, 3.63) is 29.3 Å². The van der Waals surface area contributed by atoms with E-state index in [9.17, 15) is 17.2 Å². The average molecular weight is 348 g/mol. The molecule has 8 heteroatoms. The van der Waals surface area contributed by atoms with Gasteiger partial charge in [-0.15, -0.1) is 0 Å². The molecule has 0 bridgehead atoms. The first-order valence-electron chi connectivity index (χ1n) is 7.45. The van der Waals surface area contributed by atoms with E-state index in [2.05, 4.69) is 10.0 Å². The van der Waals surface area contributed by atoms with Gasteiger partial charge in [0.25, 0.3) is 0 Å². The van der Waals surface area contributed by atoms with Gasteiger partial charge in [0.15, 0.2) is 0 Å². The maximum atomic E-state index is 13.8. The van der Waals surface area contributed by atoms with Crippen molar-refractivity contribution in [2.24, 2.45) is 5.41 Å². The van der Waals surface area contributed by atoms with Gasteiger partial charge in [0, 0.05) is 25.1 Å². The number of piperidine rings is 1. The fourth-order valence-electron chi connectivity index (χ4n) is 2.80. The highest BCUT2D eigenvalue weighted by molar-refractivity contribution is 7.89. The van der Waals surface area contributed by atoms with Crippen LogP contribution in [0.4, 0.5) is 8.78 Å². The zero-order valence-electron chi connectivity index (χ0n) is 13.3. The van der Waals surface area contributed by atoms with Gasteiger partial charge >= 0.3 is 0 Å². The van der Waals surface area contributed by atoms with E-state index in [0.29, 0.717) is 12.7 Å². The molecule has 0 spiro atoms. The number of ether oxygens (including phenoxy) is 1. The monoisotopic (exact) mass is 348 g/mol. The van der Waals surface area contributed by atoms with E-state index in [0.717, 1.165) is 32.0 Å². The number of rotatable bonds is 6. The molecule has 2 rings (SSSR count). The maximum absolute atomic E-state index is 13.8. The molecule has 23 heavy (non-hydrogen) atoms. The van der Waals surface area contributed by atoms with E-state index in [4.69, 9.17) is 4.74 Å². The van der Waals surface area contributed by atoms with Crippen molar-refractivity contribution in [2.75, 3.05) is 33.4 Å². The van der Waals surface area contributed by atoms with Crippen LogP contribution in [0.3, 0.4) is 0 Å². The van der Waals surface area contributed by atoms with Crippen molar-refractivity contribution in [1.29, 1.82) is 0 Å². The molecule has 0 atom stereocenters. The SMILES string of the molecule is COCC1(CNS(=O)(=O)c2cc(C)c(F)cc2F)CCNCC1. The van der Waals surface area contributed by atoms with Crippen molar-refractivity contribution in [1.82, 2.24) is 10.0 Å². The third kappa shape index (κ3) is 4.26. The highest BCUT2D eigenvalue weighted by Crippen LogP contribution is 2.29. The standard InChI is InChI=1S/C15H22F2N2O3S/c1-11-7-14(13(17)8-12(11)16)23(20,21)19-9-15(10-22-2)3-5-18-6-4-15/h7-8,18-19H,3-6,9-10H2,1-2H3. The fraction of sp³-hybridized carbons (Fsp3) is 0.600. The molecule has 0 aromatic heterocycles. The number of halogens is 2. The first-order chi connectivity index (χ1) is 10.8. The van der Waals surface area contributed by atoms with Gasteiger partial charge in [-0.3, -0.25) is 0 Å². The second-order valence-electron chi connectivity index (χ2n) is 6.04. The third-order valence-corrected chi connectivity index (χ3v) is 5.67. The Labute approximate surface area is 135 Å². The summed E-state index contributed by atoms with van der Waals surface area (Å²) in [6.07, 6.45) is 1.52. The number of benzene rings is 1. The van der Waals surface area contributed by atoms with E-state index >= 15 is 0 Å². The van der Waals surface area contributed by atoms with Gasteiger partial charge in [-0.25, -0.2) is 21.9 Å².